The molecule has 1 N–H and O–H groups in total. The molecule has 1 nitrogen and oxygen atoms in total. The smallest absolute Gasteiger partial charge is 0.123 e. The van der Waals surface area contributed by atoms with Crippen LogP contribution in [0.3, 0.4) is 0 Å². The first-order valence-electron chi connectivity index (χ1n) is 6.38. The number of hydrogen-bond acceptors (Lipinski definition) is 1. The fraction of sp³-hybridized carbons (Fsp3) is 0.600. The van der Waals surface area contributed by atoms with Crippen molar-refractivity contribution in [1.82, 2.24) is 5.32 Å². The highest BCUT2D eigenvalue weighted by atomic mass is 19.1. The van der Waals surface area contributed by atoms with Crippen LogP contribution in [0, 0.1) is 18.2 Å². The first-order valence-corrected chi connectivity index (χ1v) is 6.38. The van der Waals surface area contributed by atoms with Crippen LogP contribution in [0.5, 0.6) is 0 Å². The predicted molar refractivity (Wildman–Crippen MR) is 69.5 cm³/mol. The number of halogens is 1. The van der Waals surface area contributed by atoms with Crippen LogP contribution >= 0.6 is 0 Å². The Morgan fingerprint density at radius 2 is 2.00 bits per heavy atom. The first kappa shape index (κ1) is 12.6. The average molecular weight is 235 g/mol. The highest BCUT2D eigenvalue weighted by molar-refractivity contribution is 5.36. The molecule has 1 aromatic rings. The Balaban J connectivity index is 2.54. The van der Waals surface area contributed by atoms with Gasteiger partial charge in [0.25, 0.3) is 0 Å². The van der Waals surface area contributed by atoms with Crippen LogP contribution in [-0.2, 0) is 5.54 Å². The van der Waals surface area contributed by atoms with Crippen LogP contribution in [0.25, 0.3) is 0 Å². The molecule has 1 unspecified atom stereocenters. The molecule has 17 heavy (non-hydrogen) atoms. The van der Waals surface area contributed by atoms with Gasteiger partial charge in [-0.05, 0) is 55.0 Å². The van der Waals surface area contributed by atoms with Crippen LogP contribution in [0.1, 0.15) is 44.7 Å². The Labute approximate surface area is 103 Å². The summed E-state index contributed by atoms with van der Waals surface area (Å²) >= 11 is 0. The number of nitrogens with one attached hydrogen (secondary N) is 1. The van der Waals surface area contributed by atoms with E-state index in [1.54, 1.807) is 12.1 Å². The lowest BCUT2D eigenvalue weighted by Gasteiger charge is -2.43. The third-order valence-corrected chi connectivity index (χ3v) is 4.08. The summed E-state index contributed by atoms with van der Waals surface area (Å²) in [7, 11) is 0. The van der Waals surface area contributed by atoms with E-state index in [2.05, 4.69) is 26.1 Å². The van der Waals surface area contributed by atoms with Gasteiger partial charge in [0.05, 0.1) is 0 Å². The van der Waals surface area contributed by atoms with E-state index in [1.807, 2.05) is 13.0 Å². The van der Waals surface area contributed by atoms with E-state index in [4.69, 9.17) is 0 Å². The van der Waals surface area contributed by atoms with Gasteiger partial charge in [0.15, 0.2) is 0 Å². The van der Waals surface area contributed by atoms with Crippen molar-refractivity contribution in [3.63, 3.8) is 0 Å². The molecule has 0 aliphatic carbocycles. The fourth-order valence-corrected chi connectivity index (χ4v) is 3.12. The molecular formula is C15H22FN. The summed E-state index contributed by atoms with van der Waals surface area (Å²) in [6.45, 7) is 9.83. The van der Waals surface area contributed by atoms with Gasteiger partial charge >= 0.3 is 0 Å². The molecule has 1 heterocycles. The maximum atomic E-state index is 13.2. The second kappa shape index (κ2) is 4.09. The van der Waals surface area contributed by atoms with Crippen LogP contribution in [-0.4, -0.2) is 6.54 Å². The Morgan fingerprint density at radius 3 is 2.47 bits per heavy atom. The molecule has 1 atom stereocenters. The quantitative estimate of drug-likeness (QED) is 0.781. The Kier molecular flexibility index (Phi) is 3.03. The van der Waals surface area contributed by atoms with Crippen molar-refractivity contribution >= 4 is 0 Å². The van der Waals surface area contributed by atoms with Crippen molar-refractivity contribution in [2.45, 2.75) is 46.1 Å². The fourth-order valence-electron chi connectivity index (χ4n) is 3.12. The van der Waals surface area contributed by atoms with Gasteiger partial charge in [0, 0.05) is 5.54 Å². The minimum absolute atomic E-state index is 0.00914. The maximum Gasteiger partial charge on any atom is 0.123 e. The summed E-state index contributed by atoms with van der Waals surface area (Å²) in [6.07, 6.45) is 2.32. The van der Waals surface area contributed by atoms with Crippen molar-refractivity contribution in [2.75, 3.05) is 6.54 Å². The molecule has 1 fully saturated rings. The molecule has 1 aliphatic rings. The third kappa shape index (κ3) is 1.99. The molecule has 1 aromatic carbocycles. The number of aryl methyl sites for hydroxylation is 1. The van der Waals surface area contributed by atoms with Crippen LogP contribution in [0.2, 0.25) is 0 Å². The van der Waals surface area contributed by atoms with Crippen LogP contribution < -0.4 is 5.32 Å². The van der Waals surface area contributed by atoms with Gasteiger partial charge in [0.2, 0.25) is 0 Å². The summed E-state index contributed by atoms with van der Waals surface area (Å²) in [4.78, 5) is 0. The maximum absolute atomic E-state index is 13.2. The molecule has 0 spiro atoms. The van der Waals surface area contributed by atoms with E-state index in [-0.39, 0.29) is 16.8 Å². The third-order valence-electron chi connectivity index (χ3n) is 4.08. The highest BCUT2D eigenvalue weighted by Crippen LogP contribution is 2.46. The molecule has 1 saturated heterocycles. The van der Waals surface area contributed by atoms with Crippen molar-refractivity contribution in [1.29, 1.82) is 0 Å². The monoisotopic (exact) mass is 235 g/mol. The number of hydrogen-bond donors (Lipinski definition) is 1. The van der Waals surface area contributed by atoms with E-state index in [9.17, 15) is 4.39 Å². The van der Waals surface area contributed by atoms with E-state index in [1.165, 1.54) is 12.0 Å². The molecule has 0 aromatic heterocycles. The van der Waals surface area contributed by atoms with Gasteiger partial charge in [-0.1, -0.05) is 26.8 Å². The van der Waals surface area contributed by atoms with Gasteiger partial charge in [0.1, 0.15) is 5.82 Å². The standard InChI is InChI=1S/C15H22FN/c1-11-10-12(16)6-7-13(11)15(14(2,3)4)8-5-9-17-15/h6-7,10,17H,5,8-9H2,1-4H3. The molecular weight excluding hydrogens is 213 g/mol. The van der Waals surface area contributed by atoms with Crippen molar-refractivity contribution < 1.29 is 4.39 Å². The normalized spacial score (nSPS) is 25.2. The topological polar surface area (TPSA) is 12.0 Å². The molecule has 2 heteroatoms. The average Bonchev–Trinajstić information content (AvgIpc) is 2.66. The zero-order valence-corrected chi connectivity index (χ0v) is 11.2. The number of rotatable bonds is 1. The van der Waals surface area contributed by atoms with E-state index in [0.717, 1.165) is 18.5 Å². The van der Waals surface area contributed by atoms with Crippen molar-refractivity contribution in [3.05, 3.63) is 35.1 Å². The van der Waals surface area contributed by atoms with Crippen molar-refractivity contribution in [2.24, 2.45) is 5.41 Å². The molecule has 2 rings (SSSR count). The lowest BCUT2D eigenvalue weighted by molar-refractivity contribution is 0.160. The van der Waals surface area contributed by atoms with Gasteiger partial charge in [-0.2, -0.15) is 0 Å². The van der Waals surface area contributed by atoms with Gasteiger partial charge in [-0.25, -0.2) is 4.39 Å². The highest BCUT2D eigenvalue weighted by Gasteiger charge is 2.45. The van der Waals surface area contributed by atoms with Crippen LogP contribution in [0.4, 0.5) is 4.39 Å². The van der Waals surface area contributed by atoms with E-state index in [0.29, 0.717) is 0 Å². The second-order valence-electron chi connectivity index (χ2n) is 6.14. The summed E-state index contributed by atoms with van der Waals surface area (Å²) in [5.41, 5.74) is 2.43. The predicted octanol–water partition coefficient (Wildman–Crippen LogP) is 3.76. The molecule has 0 amide bonds. The van der Waals surface area contributed by atoms with E-state index >= 15 is 0 Å². The Morgan fingerprint density at radius 1 is 1.29 bits per heavy atom. The second-order valence-corrected chi connectivity index (χ2v) is 6.14. The van der Waals surface area contributed by atoms with E-state index < -0.39 is 0 Å². The molecule has 0 radical (unpaired) electrons. The summed E-state index contributed by atoms with van der Waals surface area (Å²) in [5.74, 6) is -0.145. The largest absolute Gasteiger partial charge is 0.307 e. The first-order chi connectivity index (χ1) is 7.87. The van der Waals surface area contributed by atoms with Crippen molar-refractivity contribution in [3.8, 4) is 0 Å². The lowest BCUT2D eigenvalue weighted by Crippen LogP contribution is -2.48. The zero-order valence-electron chi connectivity index (χ0n) is 11.2. The summed E-state index contributed by atoms with van der Waals surface area (Å²) in [5, 5.41) is 3.66. The summed E-state index contributed by atoms with van der Waals surface area (Å²) < 4.78 is 13.2. The van der Waals surface area contributed by atoms with Gasteiger partial charge in [-0.3, -0.25) is 0 Å². The Bertz CT molecular complexity index is 411. The lowest BCUT2D eigenvalue weighted by atomic mass is 9.67. The van der Waals surface area contributed by atoms with Gasteiger partial charge < -0.3 is 5.32 Å². The minimum atomic E-state index is -0.145. The molecule has 94 valence electrons. The minimum Gasteiger partial charge on any atom is -0.307 e. The Hall–Kier alpha value is -0.890. The zero-order chi connectivity index (χ0) is 12.7. The SMILES string of the molecule is Cc1cc(F)ccc1C1(C(C)(C)C)CCCN1. The molecule has 1 aliphatic heterocycles. The molecule has 0 saturated carbocycles. The molecule has 0 bridgehead atoms. The van der Waals surface area contributed by atoms with Crippen LogP contribution in [0.15, 0.2) is 18.2 Å². The van der Waals surface area contributed by atoms with Gasteiger partial charge in [-0.15, -0.1) is 0 Å². The summed E-state index contributed by atoms with van der Waals surface area (Å²) in [6, 6.07) is 5.17. The number of benzene rings is 1.